The van der Waals surface area contributed by atoms with Gasteiger partial charge >= 0.3 is 0 Å². The van der Waals surface area contributed by atoms with E-state index in [2.05, 4.69) is 28.0 Å². The largest absolute Gasteiger partial charge is 0.364 e. The fourth-order valence-corrected chi connectivity index (χ4v) is 8.73. The summed E-state index contributed by atoms with van der Waals surface area (Å²) in [5.74, 6) is 0.210. The van der Waals surface area contributed by atoms with E-state index in [4.69, 9.17) is 0 Å². The van der Waals surface area contributed by atoms with E-state index in [9.17, 15) is 4.79 Å². The number of para-hydroxylation sites is 1. The topological polar surface area (TPSA) is 23.6 Å². The van der Waals surface area contributed by atoms with Gasteiger partial charge < -0.3 is 9.80 Å². The maximum absolute atomic E-state index is 14.4. The number of nitrogens with zero attached hydrogens (tertiary/aromatic N) is 2. The number of anilines is 2. The van der Waals surface area contributed by atoms with Gasteiger partial charge in [-0.25, -0.2) is 0 Å². The molecule has 4 aliphatic rings. The molecule has 0 radical (unpaired) electrons. The molecule has 40 heavy (non-hydrogen) atoms. The zero-order valence-corrected chi connectivity index (χ0v) is 24.9. The Kier molecular flexibility index (Phi) is 9.46. The van der Waals surface area contributed by atoms with Crippen LogP contribution in [0, 0.1) is 0 Å². The summed E-state index contributed by atoms with van der Waals surface area (Å²) in [5.41, 5.74) is 4.49. The zero-order valence-electron chi connectivity index (χ0n) is 24.9. The van der Waals surface area contributed by atoms with E-state index in [1.807, 2.05) is 30.3 Å². The fourth-order valence-electron chi connectivity index (χ4n) is 8.73. The Balaban J connectivity index is 1.52. The molecule has 3 heteroatoms. The van der Waals surface area contributed by atoms with Gasteiger partial charge in [0.2, 0.25) is 0 Å². The van der Waals surface area contributed by atoms with Crippen LogP contribution in [0.15, 0.2) is 48.5 Å². The maximum Gasteiger partial charge on any atom is 0.195 e. The van der Waals surface area contributed by atoms with Crippen LogP contribution in [0.25, 0.3) is 0 Å². The molecule has 0 amide bonds. The van der Waals surface area contributed by atoms with Gasteiger partial charge in [0.15, 0.2) is 5.78 Å². The van der Waals surface area contributed by atoms with Gasteiger partial charge in [-0.15, -0.1) is 0 Å². The fraction of sp³-hybridized carbons (Fsp3) is 0.649. The third-order valence-corrected chi connectivity index (χ3v) is 10.7. The normalized spacial score (nSPS) is 22.2. The highest BCUT2D eigenvalue weighted by Crippen LogP contribution is 2.45. The molecule has 0 atom stereocenters. The second-order valence-corrected chi connectivity index (χ2v) is 13.4. The van der Waals surface area contributed by atoms with Gasteiger partial charge in [0.1, 0.15) is 0 Å². The molecule has 0 saturated heterocycles. The molecule has 0 bridgehead atoms. The first-order valence-electron chi connectivity index (χ1n) is 17.1. The first kappa shape index (κ1) is 27.9. The molecule has 0 heterocycles. The Labute approximate surface area is 243 Å². The molecule has 0 aliphatic heterocycles. The minimum Gasteiger partial charge on any atom is -0.364 e. The van der Waals surface area contributed by atoms with Crippen LogP contribution in [0.3, 0.4) is 0 Å². The Morgan fingerprint density at radius 2 is 0.900 bits per heavy atom. The van der Waals surface area contributed by atoms with Crippen molar-refractivity contribution < 1.29 is 4.79 Å². The van der Waals surface area contributed by atoms with Gasteiger partial charge in [0, 0.05) is 35.3 Å². The van der Waals surface area contributed by atoms with Crippen molar-refractivity contribution in [1.29, 1.82) is 0 Å². The maximum atomic E-state index is 14.4. The van der Waals surface area contributed by atoms with Crippen LogP contribution < -0.4 is 9.80 Å². The summed E-state index contributed by atoms with van der Waals surface area (Å²) in [6.45, 7) is 0. The van der Waals surface area contributed by atoms with Crippen molar-refractivity contribution in [1.82, 2.24) is 0 Å². The Hall–Kier alpha value is -2.29. The number of carbonyl (C=O) groups is 1. The number of ketones is 1. The molecule has 0 aromatic heterocycles. The summed E-state index contributed by atoms with van der Waals surface area (Å²) in [5, 5.41) is 0. The molecule has 216 valence electrons. The lowest BCUT2D eigenvalue weighted by atomic mass is 9.85. The van der Waals surface area contributed by atoms with Crippen LogP contribution in [0.4, 0.5) is 11.4 Å². The quantitative estimate of drug-likeness (QED) is 0.311. The van der Waals surface area contributed by atoms with Crippen molar-refractivity contribution in [3.8, 4) is 0 Å². The molecule has 6 rings (SSSR count). The second-order valence-electron chi connectivity index (χ2n) is 13.4. The number of hydrogen-bond acceptors (Lipinski definition) is 3. The lowest BCUT2D eigenvalue weighted by molar-refractivity contribution is 0.103. The van der Waals surface area contributed by atoms with E-state index in [1.165, 1.54) is 140 Å². The zero-order chi connectivity index (χ0) is 27.1. The number of hydrogen-bond donors (Lipinski definition) is 0. The van der Waals surface area contributed by atoms with E-state index in [-0.39, 0.29) is 5.78 Å². The van der Waals surface area contributed by atoms with Gasteiger partial charge in [-0.3, -0.25) is 4.79 Å². The van der Waals surface area contributed by atoms with E-state index >= 15 is 0 Å². The van der Waals surface area contributed by atoms with Crippen molar-refractivity contribution in [2.75, 3.05) is 9.80 Å². The number of carbonyl (C=O) groups excluding carboxylic acids is 1. The van der Waals surface area contributed by atoms with Crippen LogP contribution in [0.5, 0.6) is 0 Å². The van der Waals surface area contributed by atoms with E-state index in [0.717, 1.165) is 11.1 Å². The van der Waals surface area contributed by atoms with Crippen LogP contribution in [0.1, 0.15) is 144 Å². The van der Waals surface area contributed by atoms with Crippen LogP contribution in [0.2, 0.25) is 0 Å². The smallest absolute Gasteiger partial charge is 0.195 e. The van der Waals surface area contributed by atoms with Crippen molar-refractivity contribution >= 4 is 17.2 Å². The molecule has 4 aliphatic carbocycles. The van der Waals surface area contributed by atoms with E-state index < -0.39 is 0 Å². The van der Waals surface area contributed by atoms with Gasteiger partial charge in [0.25, 0.3) is 0 Å². The molecule has 4 fully saturated rings. The highest BCUT2D eigenvalue weighted by molar-refractivity contribution is 6.14. The summed E-state index contributed by atoms with van der Waals surface area (Å²) in [6.07, 6.45) is 26.5. The van der Waals surface area contributed by atoms with Crippen LogP contribution in [-0.4, -0.2) is 30.0 Å². The van der Waals surface area contributed by atoms with Crippen molar-refractivity contribution in [2.24, 2.45) is 0 Å². The molecule has 4 saturated carbocycles. The number of benzene rings is 2. The Morgan fingerprint density at radius 3 is 1.35 bits per heavy atom. The van der Waals surface area contributed by atoms with Crippen molar-refractivity contribution in [3.05, 3.63) is 59.7 Å². The predicted molar refractivity (Wildman–Crippen MR) is 169 cm³/mol. The minimum atomic E-state index is 0.210. The molecule has 0 spiro atoms. The molecular formula is C37H52N2O. The highest BCUT2D eigenvalue weighted by Gasteiger charge is 2.37. The molecule has 2 aromatic carbocycles. The molecule has 2 aromatic rings. The average Bonchev–Trinajstić information content (AvgIpc) is 3.04. The van der Waals surface area contributed by atoms with Crippen molar-refractivity contribution in [2.45, 2.75) is 153 Å². The lowest BCUT2D eigenvalue weighted by Gasteiger charge is -2.49. The minimum absolute atomic E-state index is 0.210. The Morgan fingerprint density at radius 1 is 0.475 bits per heavy atom. The monoisotopic (exact) mass is 540 g/mol. The van der Waals surface area contributed by atoms with E-state index in [0.29, 0.717) is 24.2 Å². The predicted octanol–water partition coefficient (Wildman–Crippen LogP) is 9.86. The summed E-state index contributed by atoms with van der Waals surface area (Å²) < 4.78 is 0. The molecular weight excluding hydrogens is 488 g/mol. The third-order valence-electron chi connectivity index (χ3n) is 10.7. The van der Waals surface area contributed by atoms with Gasteiger partial charge in [-0.05, 0) is 63.5 Å². The summed E-state index contributed by atoms with van der Waals surface area (Å²) in [4.78, 5) is 20.2. The molecule has 0 unspecified atom stereocenters. The van der Waals surface area contributed by atoms with Gasteiger partial charge in [-0.2, -0.15) is 0 Å². The first-order chi connectivity index (χ1) is 19.8. The van der Waals surface area contributed by atoms with Gasteiger partial charge in [0.05, 0.1) is 11.4 Å². The van der Waals surface area contributed by atoms with Crippen molar-refractivity contribution in [3.63, 3.8) is 0 Å². The average molecular weight is 541 g/mol. The number of rotatable bonds is 8. The van der Waals surface area contributed by atoms with Crippen LogP contribution in [-0.2, 0) is 0 Å². The summed E-state index contributed by atoms with van der Waals surface area (Å²) >= 11 is 0. The highest BCUT2D eigenvalue weighted by atomic mass is 16.1. The standard InChI is InChI=1S/C37H52N2O/c40-37(29-17-6-1-7-18-29)34-27-16-28-35(38(30-19-8-2-9-20-30)31-21-10-3-11-22-31)36(34)39(32-23-12-4-13-24-32)33-25-14-5-15-26-33/h1,6-7,16-18,27-28,30-33H,2-5,8-15,19-26H2. The van der Waals surface area contributed by atoms with Gasteiger partial charge in [-0.1, -0.05) is 113 Å². The first-order valence-corrected chi connectivity index (χ1v) is 17.1. The summed E-state index contributed by atoms with van der Waals surface area (Å²) in [6, 6.07) is 19.3. The van der Waals surface area contributed by atoms with E-state index in [1.54, 1.807) is 0 Å². The Bertz CT molecular complexity index is 1040. The lowest BCUT2D eigenvalue weighted by Crippen LogP contribution is -2.49. The SMILES string of the molecule is O=C(c1ccccc1)c1cccc(N(C2CCCCC2)C2CCCCC2)c1N(C1CCCCC1)C1CCCCC1. The third kappa shape index (κ3) is 6.14. The molecule has 0 N–H and O–H groups in total. The molecule has 3 nitrogen and oxygen atoms in total. The summed E-state index contributed by atoms with van der Waals surface area (Å²) in [7, 11) is 0. The van der Waals surface area contributed by atoms with Crippen LogP contribution >= 0.6 is 0 Å². The second kappa shape index (κ2) is 13.6.